The van der Waals surface area contributed by atoms with Crippen LogP contribution in [0, 0.1) is 5.92 Å². The molecule has 0 saturated heterocycles. The molecule has 3 nitrogen and oxygen atoms in total. The predicted molar refractivity (Wildman–Crippen MR) is 76.5 cm³/mol. The van der Waals surface area contributed by atoms with Gasteiger partial charge in [0.05, 0.1) is 5.92 Å². The van der Waals surface area contributed by atoms with Crippen molar-refractivity contribution in [2.45, 2.75) is 30.6 Å². The van der Waals surface area contributed by atoms with Crippen LogP contribution in [0.5, 0.6) is 0 Å². The van der Waals surface area contributed by atoms with Crippen LogP contribution >= 0.6 is 15.9 Å². The van der Waals surface area contributed by atoms with Gasteiger partial charge in [-0.3, -0.25) is 4.79 Å². The summed E-state index contributed by atoms with van der Waals surface area (Å²) in [4.78, 5) is 11.8. The molecule has 2 atom stereocenters. The van der Waals surface area contributed by atoms with Gasteiger partial charge in [0, 0.05) is 10.9 Å². The van der Waals surface area contributed by atoms with E-state index in [0.29, 0.717) is 13.1 Å². The zero-order valence-corrected chi connectivity index (χ0v) is 12.2. The summed E-state index contributed by atoms with van der Waals surface area (Å²) in [5.41, 5.74) is 7.87. The molecule has 3 N–H and O–H groups in total. The number of hydrogen-bond donors (Lipinski definition) is 2. The molecule has 0 radical (unpaired) electrons. The Hall–Kier alpha value is -0.870. The summed E-state index contributed by atoms with van der Waals surface area (Å²) in [6.45, 7) is 3.32. The van der Waals surface area contributed by atoms with Crippen molar-refractivity contribution in [1.29, 1.82) is 0 Å². The first-order chi connectivity index (χ1) is 8.53. The van der Waals surface area contributed by atoms with Crippen LogP contribution in [0.4, 0.5) is 0 Å². The smallest absolute Gasteiger partial charge is 0.224 e. The number of nitrogens with one attached hydrogen (secondary N) is 1. The largest absolute Gasteiger partial charge is 0.352 e. The molecular weight excluding hydrogens is 292 g/mol. The Morgan fingerprint density at radius 3 is 2.50 bits per heavy atom. The van der Waals surface area contributed by atoms with Crippen molar-refractivity contribution in [1.82, 2.24) is 5.32 Å². The van der Waals surface area contributed by atoms with Crippen molar-refractivity contribution < 1.29 is 4.79 Å². The van der Waals surface area contributed by atoms with Crippen molar-refractivity contribution in [3.05, 3.63) is 35.4 Å². The molecule has 0 spiro atoms. The van der Waals surface area contributed by atoms with Crippen molar-refractivity contribution >= 4 is 21.8 Å². The topological polar surface area (TPSA) is 55.1 Å². The van der Waals surface area contributed by atoms with E-state index in [1.807, 2.05) is 12.1 Å². The molecule has 4 heteroatoms. The summed E-state index contributed by atoms with van der Waals surface area (Å²) < 4.78 is 0.0159. The van der Waals surface area contributed by atoms with Gasteiger partial charge in [0.25, 0.3) is 0 Å². The fourth-order valence-corrected chi connectivity index (χ4v) is 2.54. The molecule has 18 heavy (non-hydrogen) atoms. The monoisotopic (exact) mass is 310 g/mol. The molecule has 1 fully saturated rings. The minimum atomic E-state index is 0.0159. The quantitative estimate of drug-likeness (QED) is 0.817. The van der Waals surface area contributed by atoms with Gasteiger partial charge in [-0.15, -0.1) is 0 Å². The highest BCUT2D eigenvalue weighted by Gasteiger charge is 2.52. The minimum absolute atomic E-state index is 0.0159. The molecule has 1 aromatic rings. The van der Waals surface area contributed by atoms with Gasteiger partial charge in [-0.25, -0.2) is 0 Å². The molecular formula is C14H19BrN2O. The maximum Gasteiger partial charge on any atom is 0.224 e. The van der Waals surface area contributed by atoms with Gasteiger partial charge in [-0.05, 0) is 37.4 Å². The zero-order chi connectivity index (χ0) is 13.2. The van der Waals surface area contributed by atoms with Gasteiger partial charge in [-0.1, -0.05) is 40.2 Å². The lowest BCUT2D eigenvalue weighted by Crippen LogP contribution is -2.26. The average molecular weight is 311 g/mol. The van der Waals surface area contributed by atoms with E-state index < -0.39 is 0 Å². The fraction of sp³-hybridized carbons (Fsp3) is 0.500. The molecule has 1 aliphatic carbocycles. The van der Waals surface area contributed by atoms with Gasteiger partial charge in [0.15, 0.2) is 0 Å². The second-order valence-corrected chi connectivity index (χ2v) is 6.92. The number of nitrogens with two attached hydrogens (primary N) is 1. The van der Waals surface area contributed by atoms with Crippen LogP contribution in [0.2, 0.25) is 0 Å². The molecule has 0 heterocycles. The third-order valence-electron chi connectivity index (χ3n) is 3.41. The van der Waals surface area contributed by atoms with Crippen LogP contribution in [0.3, 0.4) is 0 Å². The maximum absolute atomic E-state index is 11.8. The Bertz CT molecular complexity index is 428. The van der Waals surface area contributed by atoms with Crippen molar-refractivity contribution in [3.63, 3.8) is 0 Å². The zero-order valence-electron chi connectivity index (χ0n) is 10.6. The van der Waals surface area contributed by atoms with Crippen LogP contribution in [0.25, 0.3) is 0 Å². The summed E-state index contributed by atoms with van der Waals surface area (Å²) in [5, 5.41) is 2.97. The summed E-state index contributed by atoms with van der Waals surface area (Å²) in [5.74, 6) is 0.259. The number of amides is 1. The van der Waals surface area contributed by atoms with E-state index in [1.165, 1.54) is 5.56 Å². The highest BCUT2D eigenvalue weighted by molar-refractivity contribution is 9.10. The second-order valence-electron chi connectivity index (χ2n) is 5.11. The van der Waals surface area contributed by atoms with Gasteiger partial charge in [0.1, 0.15) is 0 Å². The predicted octanol–water partition coefficient (Wildman–Crippen LogP) is 1.98. The van der Waals surface area contributed by atoms with E-state index in [0.717, 1.165) is 18.4 Å². The summed E-state index contributed by atoms with van der Waals surface area (Å²) >= 11 is 3.53. The first-order valence-electron chi connectivity index (χ1n) is 6.27. The number of alkyl halides is 1. The first kappa shape index (κ1) is 13.6. The van der Waals surface area contributed by atoms with Crippen LogP contribution in [0.15, 0.2) is 24.3 Å². The Balaban J connectivity index is 1.81. The molecule has 1 saturated carbocycles. The molecule has 2 rings (SSSR count). The van der Waals surface area contributed by atoms with E-state index in [2.05, 4.69) is 40.3 Å². The van der Waals surface area contributed by atoms with E-state index in [1.54, 1.807) is 0 Å². The van der Waals surface area contributed by atoms with Gasteiger partial charge in [-0.2, -0.15) is 0 Å². The molecule has 0 aromatic heterocycles. The molecule has 0 bridgehead atoms. The van der Waals surface area contributed by atoms with Gasteiger partial charge >= 0.3 is 0 Å². The van der Waals surface area contributed by atoms with E-state index in [4.69, 9.17) is 5.73 Å². The van der Waals surface area contributed by atoms with E-state index in [9.17, 15) is 4.79 Å². The molecule has 0 aliphatic heterocycles. The molecule has 98 valence electrons. The highest BCUT2D eigenvalue weighted by Crippen LogP contribution is 2.50. The normalized spacial score (nSPS) is 25.8. The molecule has 1 amide bonds. The standard InChI is InChI=1S/C14H19BrN2O/c1-14(15)8-12(14)13(18)17-9-11-4-2-10(3-5-11)6-7-16/h2-5,12H,6-9,16H2,1H3,(H,17,18). The van der Waals surface area contributed by atoms with Gasteiger partial charge in [0.2, 0.25) is 5.91 Å². The SMILES string of the molecule is CC1(Br)CC1C(=O)NCc1ccc(CCN)cc1. The summed E-state index contributed by atoms with van der Waals surface area (Å²) in [7, 11) is 0. The summed E-state index contributed by atoms with van der Waals surface area (Å²) in [6, 6.07) is 8.23. The number of hydrogen-bond acceptors (Lipinski definition) is 2. The lowest BCUT2D eigenvalue weighted by molar-refractivity contribution is -0.122. The first-order valence-corrected chi connectivity index (χ1v) is 7.07. The average Bonchev–Trinajstić information content (AvgIpc) is 2.98. The number of carbonyl (C=O) groups is 1. The number of halogens is 1. The molecule has 1 aliphatic rings. The van der Waals surface area contributed by atoms with Crippen molar-refractivity contribution in [2.24, 2.45) is 11.7 Å². The lowest BCUT2D eigenvalue weighted by atomic mass is 10.1. The van der Waals surface area contributed by atoms with Crippen LogP contribution in [-0.4, -0.2) is 16.8 Å². The Morgan fingerprint density at radius 1 is 1.44 bits per heavy atom. The number of rotatable bonds is 5. The lowest BCUT2D eigenvalue weighted by Gasteiger charge is -2.07. The van der Waals surface area contributed by atoms with Gasteiger partial charge < -0.3 is 11.1 Å². The Labute approximate surface area is 116 Å². The Kier molecular flexibility index (Phi) is 4.07. The van der Waals surface area contributed by atoms with Crippen molar-refractivity contribution in [3.8, 4) is 0 Å². The fourth-order valence-electron chi connectivity index (χ4n) is 2.01. The van der Waals surface area contributed by atoms with Crippen LogP contribution in [-0.2, 0) is 17.8 Å². The number of carbonyl (C=O) groups excluding carboxylic acids is 1. The van der Waals surface area contributed by atoms with Crippen LogP contribution in [0.1, 0.15) is 24.5 Å². The van der Waals surface area contributed by atoms with E-state index >= 15 is 0 Å². The molecule has 1 aromatic carbocycles. The number of benzene rings is 1. The molecule has 2 unspecified atom stereocenters. The Morgan fingerprint density at radius 2 is 2.00 bits per heavy atom. The third-order valence-corrected chi connectivity index (χ3v) is 4.29. The second kappa shape index (κ2) is 5.41. The maximum atomic E-state index is 11.8. The van der Waals surface area contributed by atoms with Crippen molar-refractivity contribution in [2.75, 3.05) is 6.54 Å². The minimum Gasteiger partial charge on any atom is -0.352 e. The third kappa shape index (κ3) is 3.33. The highest BCUT2D eigenvalue weighted by atomic mass is 79.9. The van der Waals surface area contributed by atoms with E-state index in [-0.39, 0.29) is 16.1 Å². The summed E-state index contributed by atoms with van der Waals surface area (Å²) in [6.07, 6.45) is 1.82. The van der Waals surface area contributed by atoms with Crippen LogP contribution < -0.4 is 11.1 Å².